The van der Waals surface area contributed by atoms with Gasteiger partial charge in [0.1, 0.15) is 6.10 Å². The zero-order valence-corrected chi connectivity index (χ0v) is 11.4. The fraction of sp³-hybridized carbons (Fsp3) is 0.429. The normalized spacial score (nSPS) is 24.2. The Hall–Kier alpha value is -1.88. The third-order valence-corrected chi connectivity index (χ3v) is 3.39. The standard InChI is InChI=1S/C14H18N2O3/c1-4-12-13(11-8-6-5-7-9-11)19-14(18)16(10(2)17)15(12)3/h5-9,12-13H,4H2,1-3H3/t12-,13-/m0/s1. The first-order chi connectivity index (χ1) is 9.06. The van der Waals surface area contributed by atoms with Crippen LogP contribution in [0.15, 0.2) is 30.3 Å². The number of ether oxygens (including phenoxy) is 1. The maximum Gasteiger partial charge on any atom is 0.432 e. The lowest BCUT2D eigenvalue weighted by Gasteiger charge is -2.43. The van der Waals surface area contributed by atoms with E-state index in [1.54, 1.807) is 12.1 Å². The first-order valence-electron chi connectivity index (χ1n) is 6.35. The van der Waals surface area contributed by atoms with Crippen molar-refractivity contribution < 1.29 is 14.3 Å². The summed E-state index contributed by atoms with van der Waals surface area (Å²) in [6, 6.07) is 9.54. The molecule has 19 heavy (non-hydrogen) atoms. The number of amides is 2. The number of likely N-dealkylation sites (N-methyl/N-ethyl adjacent to an activating group) is 1. The Balaban J connectivity index is 2.32. The molecule has 0 spiro atoms. The van der Waals surface area contributed by atoms with E-state index < -0.39 is 6.09 Å². The summed E-state index contributed by atoms with van der Waals surface area (Å²) >= 11 is 0. The van der Waals surface area contributed by atoms with Gasteiger partial charge in [-0.3, -0.25) is 4.79 Å². The van der Waals surface area contributed by atoms with Crippen LogP contribution in [-0.2, 0) is 9.53 Å². The molecule has 0 bridgehead atoms. The quantitative estimate of drug-likeness (QED) is 0.821. The van der Waals surface area contributed by atoms with Crippen LogP contribution in [0.3, 0.4) is 0 Å². The summed E-state index contributed by atoms with van der Waals surface area (Å²) in [6.45, 7) is 3.36. The van der Waals surface area contributed by atoms with Gasteiger partial charge in [0.05, 0.1) is 6.04 Å². The van der Waals surface area contributed by atoms with Crippen molar-refractivity contribution in [2.45, 2.75) is 32.4 Å². The maximum atomic E-state index is 11.9. The third kappa shape index (κ3) is 2.46. The van der Waals surface area contributed by atoms with E-state index in [1.807, 2.05) is 37.3 Å². The molecule has 0 N–H and O–H groups in total. The molecule has 2 atom stereocenters. The third-order valence-electron chi connectivity index (χ3n) is 3.39. The van der Waals surface area contributed by atoms with Gasteiger partial charge in [-0.05, 0) is 12.0 Å². The van der Waals surface area contributed by atoms with Gasteiger partial charge in [-0.15, -0.1) is 0 Å². The van der Waals surface area contributed by atoms with Crippen LogP contribution in [0.1, 0.15) is 31.9 Å². The van der Waals surface area contributed by atoms with Gasteiger partial charge in [0.25, 0.3) is 0 Å². The Morgan fingerprint density at radius 3 is 2.47 bits per heavy atom. The molecule has 1 aliphatic heterocycles. The van der Waals surface area contributed by atoms with Gasteiger partial charge in [0.15, 0.2) is 0 Å². The SMILES string of the molecule is CC[C@H]1[C@H](c2ccccc2)OC(=O)N(C(C)=O)N1C. The highest BCUT2D eigenvalue weighted by Crippen LogP contribution is 2.32. The minimum atomic E-state index is -0.617. The number of hydrogen-bond acceptors (Lipinski definition) is 4. The predicted molar refractivity (Wildman–Crippen MR) is 70.0 cm³/mol. The van der Waals surface area contributed by atoms with Gasteiger partial charge in [-0.1, -0.05) is 37.3 Å². The first-order valence-corrected chi connectivity index (χ1v) is 6.35. The molecule has 1 fully saturated rings. The van der Waals surface area contributed by atoms with Gasteiger partial charge < -0.3 is 4.74 Å². The molecule has 0 unspecified atom stereocenters. The molecule has 0 aliphatic carbocycles. The minimum absolute atomic E-state index is 0.0519. The number of nitrogens with zero attached hydrogens (tertiary/aromatic N) is 2. The summed E-state index contributed by atoms with van der Waals surface area (Å²) in [4.78, 5) is 23.4. The Bertz CT molecular complexity index is 475. The number of rotatable bonds is 2. The van der Waals surface area contributed by atoms with Gasteiger partial charge in [0, 0.05) is 14.0 Å². The van der Waals surface area contributed by atoms with Crippen LogP contribution in [0, 0.1) is 0 Å². The summed E-state index contributed by atoms with van der Waals surface area (Å²) in [6.07, 6.45) is -0.194. The van der Waals surface area contributed by atoms with Crippen molar-refractivity contribution >= 4 is 12.0 Å². The average molecular weight is 262 g/mol. The summed E-state index contributed by atoms with van der Waals surface area (Å²) in [5.74, 6) is -0.336. The lowest BCUT2D eigenvalue weighted by molar-refractivity contribution is -0.162. The molecule has 1 aromatic rings. The van der Waals surface area contributed by atoms with Crippen molar-refractivity contribution in [1.29, 1.82) is 0 Å². The van der Waals surface area contributed by atoms with Crippen LogP contribution in [0.25, 0.3) is 0 Å². The monoisotopic (exact) mass is 262 g/mol. The van der Waals surface area contributed by atoms with Crippen LogP contribution in [0.2, 0.25) is 0 Å². The molecule has 5 nitrogen and oxygen atoms in total. The van der Waals surface area contributed by atoms with Crippen molar-refractivity contribution in [2.24, 2.45) is 0 Å². The molecular formula is C14H18N2O3. The second-order valence-corrected chi connectivity index (χ2v) is 4.60. The Morgan fingerprint density at radius 1 is 1.32 bits per heavy atom. The number of hydrogen-bond donors (Lipinski definition) is 0. The number of imide groups is 1. The highest BCUT2D eigenvalue weighted by Gasteiger charge is 2.41. The topological polar surface area (TPSA) is 49.9 Å². The van der Waals surface area contributed by atoms with E-state index in [4.69, 9.17) is 4.74 Å². The molecule has 1 saturated heterocycles. The highest BCUT2D eigenvalue weighted by molar-refractivity contribution is 5.90. The number of carbonyl (C=O) groups excluding carboxylic acids is 2. The molecule has 1 heterocycles. The minimum Gasteiger partial charge on any atom is -0.438 e. The maximum absolute atomic E-state index is 11.9. The molecule has 5 heteroatoms. The van der Waals surface area contributed by atoms with E-state index in [2.05, 4.69) is 0 Å². The predicted octanol–water partition coefficient (Wildman–Crippen LogP) is 2.35. The Morgan fingerprint density at radius 2 is 1.95 bits per heavy atom. The molecule has 102 valence electrons. The van der Waals surface area contributed by atoms with E-state index in [0.717, 1.165) is 17.0 Å². The second kappa shape index (κ2) is 5.40. The lowest BCUT2D eigenvalue weighted by Crippen LogP contribution is -2.58. The van der Waals surface area contributed by atoms with Crippen molar-refractivity contribution in [3.05, 3.63) is 35.9 Å². The Labute approximate surface area is 112 Å². The van der Waals surface area contributed by atoms with Crippen LogP contribution in [0.4, 0.5) is 4.79 Å². The van der Waals surface area contributed by atoms with E-state index in [1.165, 1.54) is 6.92 Å². The van der Waals surface area contributed by atoms with E-state index in [9.17, 15) is 9.59 Å². The molecule has 0 saturated carbocycles. The van der Waals surface area contributed by atoms with Crippen LogP contribution >= 0.6 is 0 Å². The van der Waals surface area contributed by atoms with Crippen molar-refractivity contribution in [3.8, 4) is 0 Å². The van der Waals surface area contributed by atoms with Crippen molar-refractivity contribution in [1.82, 2.24) is 10.0 Å². The Kier molecular flexibility index (Phi) is 3.85. The summed E-state index contributed by atoms with van der Waals surface area (Å²) in [5, 5.41) is 2.72. The summed E-state index contributed by atoms with van der Waals surface area (Å²) in [7, 11) is 1.74. The van der Waals surface area contributed by atoms with Crippen LogP contribution < -0.4 is 0 Å². The number of carbonyl (C=O) groups is 2. The lowest BCUT2D eigenvalue weighted by atomic mass is 9.99. The zero-order valence-electron chi connectivity index (χ0n) is 11.4. The molecule has 0 aromatic heterocycles. The van der Waals surface area contributed by atoms with Crippen LogP contribution in [-0.4, -0.2) is 35.1 Å². The second-order valence-electron chi connectivity index (χ2n) is 4.60. The van der Waals surface area contributed by atoms with Gasteiger partial charge in [-0.25, -0.2) is 9.80 Å². The smallest absolute Gasteiger partial charge is 0.432 e. The van der Waals surface area contributed by atoms with Crippen molar-refractivity contribution in [3.63, 3.8) is 0 Å². The van der Waals surface area contributed by atoms with Gasteiger partial charge >= 0.3 is 6.09 Å². The molecule has 2 amide bonds. The van der Waals surface area contributed by atoms with Gasteiger partial charge in [0.2, 0.25) is 5.91 Å². The first kappa shape index (κ1) is 13.5. The molecule has 1 aromatic carbocycles. The fourth-order valence-corrected chi connectivity index (χ4v) is 2.47. The molecule has 1 aliphatic rings. The average Bonchev–Trinajstić information content (AvgIpc) is 2.38. The number of benzene rings is 1. The number of hydrazine groups is 1. The zero-order chi connectivity index (χ0) is 14.0. The van der Waals surface area contributed by atoms with E-state index in [0.29, 0.717) is 0 Å². The summed E-state index contributed by atoms with van der Waals surface area (Å²) in [5.41, 5.74) is 0.942. The van der Waals surface area contributed by atoms with Gasteiger partial charge in [-0.2, -0.15) is 5.01 Å². The molecule has 0 radical (unpaired) electrons. The van der Waals surface area contributed by atoms with Crippen LogP contribution in [0.5, 0.6) is 0 Å². The van der Waals surface area contributed by atoms with E-state index in [-0.39, 0.29) is 18.1 Å². The largest absolute Gasteiger partial charge is 0.438 e. The van der Waals surface area contributed by atoms with Crippen molar-refractivity contribution in [2.75, 3.05) is 7.05 Å². The highest BCUT2D eigenvalue weighted by atomic mass is 16.6. The fourth-order valence-electron chi connectivity index (χ4n) is 2.47. The van der Waals surface area contributed by atoms with E-state index >= 15 is 0 Å². The number of cyclic esters (lactones) is 1. The molecular weight excluding hydrogens is 244 g/mol. The summed E-state index contributed by atoms with van der Waals surface area (Å²) < 4.78 is 5.44. The molecule has 2 rings (SSSR count).